The second-order valence-electron chi connectivity index (χ2n) is 4.00. The zero-order valence-electron chi connectivity index (χ0n) is 9.96. The highest BCUT2D eigenvalue weighted by Gasteiger charge is 2.09. The number of halogens is 1. The summed E-state index contributed by atoms with van der Waals surface area (Å²) in [5.41, 5.74) is 9.52. The van der Waals surface area contributed by atoms with Crippen LogP contribution in [-0.4, -0.2) is 4.98 Å². The van der Waals surface area contributed by atoms with Crippen LogP contribution in [0.2, 0.25) is 0 Å². The standard InChI is InChI=1S/C13H15BrN2S/c1-3-9-6-11(14)5-4-10(9)7-12-8(2)16-13(15)17-12/h4-6H,3,7H2,1-2H3,(H2,15,16). The summed E-state index contributed by atoms with van der Waals surface area (Å²) >= 11 is 5.10. The number of rotatable bonds is 3. The Hall–Kier alpha value is -0.870. The van der Waals surface area contributed by atoms with E-state index >= 15 is 0 Å². The van der Waals surface area contributed by atoms with Gasteiger partial charge in [-0.25, -0.2) is 4.98 Å². The largest absolute Gasteiger partial charge is 0.375 e. The zero-order chi connectivity index (χ0) is 12.4. The Balaban J connectivity index is 2.32. The van der Waals surface area contributed by atoms with Crippen LogP contribution in [0.1, 0.15) is 28.6 Å². The summed E-state index contributed by atoms with van der Waals surface area (Å²) in [5.74, 6) is 0. The van der Waals surface area contributed by atoms with Gasteiger partial charge >= 0.3 is 0 Å². The third kappa shape index (κ3) is 2.87. The van der Waals surface area contributed by atoms with Gasteiger partial charge in [0.25, 0.3) is 0 Å². The molecule has 1 aromatic carbocycles. The first-order valence-electron chi connectivity index (χ1n) is 5.59. The number of benzene rings is 1. The van der Waals surface area contributed by atoms with E-state index in [2.05, 4.69) is 46.0 Å². The van der Waals surface area contributed by atoms with Crippen LogP contribution in [-0.2, 0) is 12.8 Å². The van der Waals surface area contributed by atoms with Crippen molar-refractivity contribution in [2.45, 2.75) is 26.7 Å². The van der Waals surface area contributed by atoms with E-state index in [4.69, 9.17) is 5.73 Å². The van der Waals surface area contributed by atoms with Gasteiger partial charge in [-0.3, -0.25) is 0 Å². The summed E-state index contributed by atoms with van der Waals surface area (Å²) in [6, 6.07) is 6.46. The highest BCUT2D eigenvalue weighted by molar-refractivity contribution is 9.10. The lowest BCUT2D eigenvalue weighted by molar-refractivity contribution is 1.06. The SMILES string of the molecule is CCc1cc(Br)ccc1Cc1sc(N)nc1C. The molecule has 2 rings (SSSR count). The number of aryl methyl sites for hydroxylation is 2. The second-order valence-corrected chi connectivity index (χ2v) is 6.03. The second kappa shape index (κ2) is 5.19. The van der Waals surface area contributed by atoms with E-state index in [0.29, 0.717) is 5.13 Å². The summed E-state index contributed by atoms with van der Waals surface area (Å²) in [4.78, 5) is 5.53. The molecule has 0 unspecified atom stereocenters. The maximum atomic E-state index is 5.73. The summed E-state index contributed by atoms with van der Waals surface area (Å²) < 4.78 is 1.14. The highest BCUT2D eigenvalue weighted by atomic mass is 79.9. The Morgan fingerprint density at radius 3 is 2.71 bits per heavy atom. The van der Waals surface area contributed by atoms with Crippen LogP contribution in [0.3, 0.4) is 0 Å². The zero-order valence-corrected chi connectivity index (χ0v) is 12.4. The average molecular weight is 311 g/mol. The van der Waals surface area contributed by atoms with Gasteiger partial charge in [0.1, 0.15) is 0 Å². The van der Waals surface area contributed by atoms with Crippen molar-refractivity contribution in [3.8, 4) is 0 Å². The molecule has 0 bridgehead atoms. The summed E-state index contributed by atoms with van der Waals surface area (Å²) in [5, 5.41) is 0.660. The lowest BCUT2D eigenvalue weighted by Gasteiger charge is -2.07. The first-order valence-corrected chi connectivity index (χ1v) is 7.20. The van der Waals surface area contributed by atoms with Crippen molar-refractivity contribution in [1.82, 2.24) is 4.98 Å². The number of hydrogen-bond donors (Lipinski definition) is 1. The molecule has 0 amide bonds. The fourth-order valence-corrected chi connectivity index (χ4v) is 3.15. The van der Waals surface area contributed by atoms with E-state index in [1.54, 1.807) is 11.3 Å². The molecule has 2 nitrogen and oxygen atoms in total. The average Bonchev–Trinajstić information content (AvgIpc) is 2.60. The highest BCUT2D eigenvalue weighted by Crippen LogP contribution is 2.26. The molecule has 4 heteroatoms. The maximum absolute atomic E-state index is 5.73. The van der Waals surface area contributed by atoms with Gasteiger partial charge in [0.15, 0.2) is 5.13 Å². The lowest BCUT2D eigenvalue weighted by Crippen LogP contribution is -1.94. The first kappa shape index (κ1) is 12.6. The van der Waals surface area contributed by atoms with Crippen molar-refractivity contribution < 1.29 is 0 Å². The molecule has 1 heterocycles. The summed E-state index contributed by atoms with van der Waals surface area (Å²) in [6.45, 7) is 4.20. The third-order valence-corrected chi connectivity index (χ3v) is 4.29. The molecular formula is C13H15BrN2S. The Morgan fingerprint density at radius 2 is 2.12 bits per heavy atom. The quantitative estimate of drug-likeness (QED) is 0.932. The van der Waals surface area contributed by atoms with Gasteiger partial charge in [-0.05, 0) is 36.6 Å². The number of nitrogens with two attached hydrogens (primary N) is 1. The molecule has 0 aliphatic rings. The van der Waals surface area contributed by atoms with E-state index in [9.17, 15) is 0 Å². The number of nitrogen functional groups attached to an aromatic ring is 1. The summed E-state index contributed by atoms with van der Waals surface area (Å²) in [7, 11) is 0. The predicted octanol–water partition coefficient (Wildman–Crippen LogP) is 3.95. The molecule has 0 atom stereocenters. The van der Waals surface area contributed by atoms with Crippen LogP contribution >= 0.6 is 27.3 Å². The Labute approximate surface area is 114 Å². The first-order chi connectivity index (χ1) is 8.10. The van der Waals surface area contributed by atoms with E-state index in [0.717, 1.165) is 23.0 Å². The molecule has 0 aliphatic carbocycles. The van der Waals surface area contributed by atoms with Crippen LogP contribution in [0.25, 0.3) is 0 Å². The van der Waals surface area contributed by atoms with Crippen molar-refractivity contribution in [2.75, 3.05) is 5.73 Å². The van der Waals surface area contributed by atoms with Crippen LogP contribution in [0.15, 0.2) is 22.7 Å². The van der Waals surface area contributed by atoms with Gasteiger partial charge in [0, 0.05) is 15.8 Å². The molecule has 0 aliphatic heterocycles. The molecule has 0 saturated carbocycles. The molecule has 0 radical (unpaired) electrons. The van der Waals surface area contributed by atoms with Crippen LogP contribution in [0, 0.1) is 6.92 Å². The van der Waals surface area contributed by atoms with Crippen molar-refractivity contribution in [3.63, 3.8) is 0 Å². The molecule has 2 aromatic rings. The Morgan fingerprint density at radius 1 is 1.35 bits per heavy atom. The van der Waals surface area contributed by atoms with Gasteiger partial charge in [0.05, 0.1) is 5.69 Å². The number of nitrogens with zero attached hydrogens (tertiary/aromatic N) is 1. The smallest absolute Gasteiger partial charge is 0.180 e. The molecule has 0 fully saturated rings. The number of aromatic nitrogens is 1. The summed E-state index contributed by atoms with van der Waals surface area (Å²) in [6.07, 6.45) is 1.97. The molecule has 0 saturated heterocycles. The number of hydrogen-bond acceptors (Lipinski definition) is 3. The van der Waals surface area contributed by atoms with Crippen LogP contribution in [0.5, 0.6) is 0 Å². The van der Waals surface area contributed by atoms with E-state index in [1.165, 1.54) is 16.0 Å². The minimum Gasteiger partial charge on any atom is -0.375 e. The molecule has 2 N–H and O–H groups in total. The monoisotopic (exact) mass is 310 g/mol. The molecule has 0 spiro atoms. The Kier molecular flexibility index (Phi) is 3.84. The van der Waals surface area contributed by atoms with Gasteiger partial charge in [-0.15, -0.1) is 11.3 Å². The molecule has 17 heavy (non-hydrogen) atoms. The van der Waals surface area contributed by atoms with E-state index < -0.39 is 0 Å². The topological polar surface area (TPSA) is 38.9 Å². The maximum Gasteiger partial charge on any atom is 0.180 e. The van der Waals surface area contributed by atoms with E-state index in [-0.39, 0.29) is 0 Å². The molecular weight excluding hydrogens is 296 g/mol. The fourth-order valence-electron chi connectivity index (χ4n) is 1.88. The third-order valence-electron chi connectivity index (χ3n) is 2.81. The molecule has 1 aromatic heterocycles. The van der Waals surface area contributed by atoms with Gasteiger partial charge in [-0.1, -0.05) is 28.9 Å². The van der Waals surface area contributed by atoms with Gasteiger partial charge in [0.2, 0.25) is 0 Å². The van der Waals surface area contributed by atoms with Crippen molar-refractivity contribution in [3.05, 3.63) is 44.4 Å². The number of thiazole rings is 1. The minimum atomic E-state index is 0.660. The lowest BCUT2D eigenvalue weighted by atomic mass is 10.0. The Bertz CT molecular complexity index is 534. The normalized spacial score (nSPS) is 10.8. The van der Waals surface area contributed by atoms with Gasteiger partial charge < -0.3 is 5.73 Å². The van der Waals surface area contributed by atoms with Crippen molar-refractivity contribution >= 4 is 32.4 Å². The minimum absolute atomic E-state index is 0.660. The molecule has 90 valence electrons. The number of anilines is 1. The fraction of sp³-hybridized carbons (Fsp3) is 0.308. The van der Waals surface area contributed by atoms with E-state index in [1.807, 2.05) is 6.92 Å². The van der Waals surface area contributed by atoms with Crippen molar-refractivity contribution in [2.24, 2.45) is 0 Å². The predicted molar refractivity (Wildman–Crippen MR) is 77.6 cm³/mol. The van der Waals surface area contributed by atoms with Crippen molar-refractivity contribution in [1.29, 1.82) is 0 Å². The van der Waals surface area contributed by atoms with Gasteiger partial charge in [-0.2, -0.15) is 0 Å². The van der Waals surface area contributed by atoms with Crippen LogP contribution < -0.4 is 5.73 Å². The van der Waals surface area contributed by atoms with Crippen LogP contribution in [0.4, 0.5) is 5.13 Å².